The number of amides is 1. The Morgan fingerprint density at radius 1 is 1.35 bits per heavy atom. The van der Waals surface area contributed by atoms with E-state index in [-0.39, 0.29) is 41.9 Å². The van der Waals surface area contributed by atoms with Crippen molar-refractivity contribution in [1.82, 2.24) is 15.3 Å². The van der Waals surface area contributed by atoms with Crippen molar-refractivity contribution in [3.05, 3.63) is 40.3 Å². The summed E-state index contributed by atoms with van der Waals surface area (Å²) < 4.78 is 22.7. The van der Waals surface area contributed by atoms with Crippen LogP contribution in [0.2, 0.25) is 0 Å². The summed E-state index contributed by atoms with van der Waals surface area (Å²) in [5.74, 6) is -0.154. The average Bonchev–Trinajstić information content (AvgIpc) is 2.84. The lowest BCUT2D eigenvalue weighted by Gasteiger charge is -2.10. The number of carbonyl (C=O) groups excluding carboxylic acids is 1. The van der Waals surface area contributed by atoms with Gasteiger partial charge in [-0.05, 0) is 18.6 Å². The van der Waals surface area contributed by atoms with Gasteiger partial charge in [-0.15, -0.1) is 0 Å². The molecular weight excluding hydrogens is 318 g/mol. The standard InChI is InChI=1S/C15H17N3O4S/c19-14(16-10-7-8-23(21,22)9-10)6-5-13-15(20)18-12-4-2-1-3-11(12)17-13/h1-4,10H,5-9H2,(H,16,19)(H,18,20). The Hall–Kier alpha value is -2.22. The van der Waals surface area contributed by atoms with E-state index in [0.29, 0.717) is 23.1 Å². The summed E-state index contributed by atoms with van der Waals surface area (Å²) in [6, 6.07) is 6.86. The molecule has 1 saturated heterocycles. The van der Waals surface area contributed by atoms with Crippen LogP contribution in [0.4, 0.5) is 0 Å². The van der Waals surface area contributed by atoms with Crippen molar-refractivity contribution < 1.29 is 13.2 Å². The average molecular weight is 335 g/mol. The van der Waals surface area contributed by atoms with E-state index in [1.54, 1.807) is 12.1 Å². The van der Waals surface area contributed by atoms with Crippen LogP contribution in [0, 0.1) is 0 Å². The van der Waals surface area contributed by atoms with Gasteiger partial charge in [-0.2, -0.15) is 0 Å². The van der Waals surface area contributed by atoms with Gasteiger partial charge in [0.2, 0.25) is 5.91 Å². The van der Waals surface area contributed by atoms with Gasteiger partial charge in [0, 0.05) is 18.9 Å². The summed E-state index contributed by atoms with van der Waals surface area (Å²) in [6.45, 7) is 0. The minimum absolute atomic E-state index is 0.00640. The smallest absolute Gasteiger partial charge is 0.270 e. The van der Waals surface area contributed by atoms with E-state index in [1.165, 1.54) is 0 Å². The highest BCUT2D eigenvalue weighted by Gasteiger charge is 2.28. The van der Waals surface area contributed by atoms with Crippen LogP contribution in [0.3, 0.4) is 0 Å². The molecule has 8 heteroatoms. The fourth-order valence-electron chi connectivity index (χ4n) is 2.68. The van der Waals surface area contributed by atoms with Gasteiger partial charge in [-0.3, -0.25) is 9.59 Å². The molecule has 1 aliphatic rings. The number of fused-ring (bicyclic) bond motifs is 1. The van der Waals surface area contributed by atoms with Gasteiger partial charge in [-0.25, -0.2) is 13.4 Å². The highest BCUT2D eigenvalue weighted by molar-refractivity contribution is 7.91. The zero-order valence-electron chi connectivity index (χ0n) is 12.4. The van der Waals surface area contributed by atoms with Crippen molar-refractivity contribution in [2.75, 3.05) is 11.5 Å². The van der Waals surface area contributed by atoms with E-state index in [4.69, 9.17) is 0 Å². The molecule has 0 bridgehead atoms. The topological polar surface area (TPSA) is 109 Å². The maximum atomic E-state index is 11.9. The normalized spacial score (nSPS) is 19.7. The van der Waals surface area contributed by atoms with Gasteiger partial charge in [0.1, 0.15) is 5.69 Å². The third-order valence-corrected chi connectivity index (χ3v) is 5.62. The molecule has 2 heterocycles. The largest absolute Gasteiger partial charge is 0.352 e. The second-order valence-corrected chi connectivity index (χ2v) is 7.93. The second-order valence-electron chi connectivity index (χ2n) is 5.70. The molecule has 0 radical (unpaired) electrons. The first-order chi connectivity index (χ1) is 10.9. The van der Waals surface area contributed by atoms with Gasteiger partial charge in [0.05, 0.1) is 22.5 Å². The first kappa shape index (κ1) is 15.7. The number of rotatable bonds is 4. The van der Waals surface area contributed by atoms with Crippen LogP contribution in [0.1, 0.15) is 18.5 Å². The first-order valence-electron chi connectivity index (χ1n) is 7.41. The van der Waals surface area contributed by atoms with E-state index in [1.807, 2.05) is 12.1 Å². The van der Waals surface area contributed by atoms with Crippen molar-refractivity contribution in [2.24, 2.45) is 0 Å². The molecule has 1 aromatic heterocycles. The molecule has 0 spiro atoms. The van der Waals surface area contributed by atoms with Crippen LogP contribution < -0.4 is 10.9 Å². The number of aromatic amines is 1. The molecule has 2 aromatic rings. The summed E-state index contributed by atoms with van der Waals surface area (Å²) in [5.41, 5.74) is 1.32. The number of hydrogen-bond donors (Lipinski definition) is 2. The van der Waals surface area contributed by atoms with Gasteiger partial charge in [0.25, 0.3) is 5.56 Å². The van der Waals surface area contributed by atoms with E-state index in [0.717, 1.165) is 0 Å². The molecule has 1 unspecified atom stereocenters. The lowest BCUT2D eigenvalue weighted by atomic mass is 10.2. The number of hydrogen-bond acceptors (Lipinski definition) is 5. The van der Waals surface area contributed by atoms with E-state index < -0.39 is 9.84 Å². The number of para-hydroxylation sites is 2. The summed E-state index contributed by atoms with van der Waals surface area (Å²) in [5, 5.41) is 2.70. The fourth-order valence-corrected chi connectivity index (χ4v) is 4.35. The third kappa shape index (κ3) is 3.76. The first-order valence-corrected chi connectivity index (χ1v) is 9.23. The number of H-pyrrole nitrogens is 1. The van der Waals surface area contributed by atoms with Crippen molar-refractivity contribution in [2.45, 2.75) is 25.3 Å². The second kappa shape index (κ2) is 6.11. The predicted molar refractivity (Wildman–Crippen MR) is 85.9 cm³/mol. The van der Waals surface area contributed by atoms with Crippen molar-refractivity contribution in [1.29, 1.82) is 0 Å². The van der Waals surface area contributed by atoms with Crippen molar-refractivity contribution >= 4 is 26.8 Å². The maximum Gasteiger partial charge on any atom is 0.270 e. The summed E-state index contributed by atoms with van der Waals surface area (Å²) in [4.78, 5) is 30.9. The van der Waals surface area contributed by atoms with Gasteiger partial charge < -0.3 is 10.3 Å². The van der Waals surface area contributed by atoms with Crippen LogP contribution >= 0.6 is 0 Å². The summed E-state index contributed by atoms with van der Waals surface area (Å²) >= 11 is 0. The fraction of sp³-hybridized carbons (Fsp3) is 0.400. The molecule has 1 aliphatic heterocycles. The van der Waals surface area contributed by atoms with Crippen LogP contribution in [0.25, 0.3) is 11.0 Å². The molecule has 1 aromatic carbocycles. The Balaban J connectivity index is 1.63. The SMILES string of the molecule is O=C(CCc1nc2ccccc2[nH]c1=O)NC1CCS(=O)(=O)C1. The Kier molecular flexibility index (Phi) is 4.16. The zero-order chi connectivity index (χ0) is 16.4. The Labute approximate surface area is 133 Å². The lowest BCUT2D eigenvalue weighted by molar-refractivity contribution is -0.121. The Bertz CT molecular complexity index is 904. The highest BCUT2D eigenvalue weighted by atomic mass is 32.2. The maximum absolute atomic E-state index is 11.9. The van der Waals surface area contributed by atoms with Crippen molar-refractivity contribution in [3.8, 4) is 0 Å². The molecule has 3 rings (SSSR count). The van der Waals surface area contributed by atoms with Crippen LogP contribution in [-0.2, 0) is 21.1 Å². The molecule has 0 saturated carbocycles. The number of aryl methyl sites for hydroxylation is 1. The molecule has 1 fully saturated rings. The molecule has 0 aliphatic carbocycles. The van der Waals surface area contributed by atoms with E-state index >= 15 is 0 Å². The number of nitrogens with zero attached hydrogens (tertiary/aromatic N) is 1. The summed E-state index contributed by atoms with van der Waals surface area (Å²) in [6.07, 6.45) is 0.763. The van der Waals surface area contributed by atoms with Gasteiger partial charge in [0.15, 0.2) is 9.84 Å². The van der Waals surface area contributed by atoms with Crippen molar-refractivity contribution in [3.63, 3.8) is 0 Å². The minimum atomic E-state index is -3.02. The number of nitrogens with one attached hydrogen (secondary N) is 2. The van der Waals surface area contributed by atoms with Gasteiger partial charge in [-0.1, -0.05) is 12.1 Å². The quantitative estimate of drug-likeness (QED) is 0.827. The number of benzene rings is 1. The molecular formula is C15H17N3O4S. The number of sulfone groups is 1. The predicted octanol–water partition coefficient (Wildman–Crippen LogP) is 0.159. The molecule has 1 amide bonds. The van der Waals surface area contributed by atoms with E-state index in [2.05, 4.69) is 15.3 Å². The Morgan fingerprint density at radius 3 is 2.87 bits per heavy atom. The van der Waals surface area contributed by atoms with Crippen LogP contribution in [0.15, 0.2) is 29.1 Å². The molecule has 1 atom stereocenters. The Morgan fingerprint density at radius 2 is 2.13 bits per heavy atom. The number of carbonyl (C=O) groups is 1. The molecule has 2 N–H and O–H groups in total. The monoisotopic (exact) mass is 335 g/mol. The minimum Gasteiger partial charge on any atom is -0.352 e. The highest BCUT2D eigenvalue weighted by Crippen LogP contribution is 2.11. The van der Waals surface area contributed by atoms with Crippen LogP contribution in [0.5, 0.6) is 0 Å². The molecule has 122 valence electrons. The molecule has 23 heavy (non-hydrogen) atoms. The number of aromatic nitrogens is 2. The summed E-state index contributed by atoms with van der Waals surface area (Å²) in [7, 11) is -3.02. The van der Waals surface area contributed by atoms with Crippen LogP contribution in [-0.4, -0.2) is 41.8 Å². The lowest BCUT2D eigenvalue weighted by Crippen LogP contribution is -2.36. The molecule has 7 nitrogen and oxygen atoms in total. The van der Waals surface area contributed by atoms with E-state index in [9.17, 15) is 18.0 Å². The van der Waals surface area contributed by atoms with Gasteiger partial charge >= 0.3 is 0 Å². The third-order valence-electron chi connectivity index (χ3n) is 3.86. The zero-order valence-corrected chi connectivity index (χ0v) is 13.2.